The van der Waals surface area contributed by atoms with Gasteiger partial charge in [-0.25, -0.2) is 0 Å². The van der Waals surface area contributed by atoms with Crippen LogP contribution in [-0.2, 0) is 14.3 Å². The van der Waals surface area contributed by atoms with E-state index in [9.17, 15) is 22.8 Å². The molecule has 2 unspecified atom stereocenters. The molecule has 1 aliphatic rings. The molecule has 0 radical (unpaired) electrons. The highest BCUT2D eigenvalue weighted by molar-refractivity contribution is 5.83. The van der Waals surface area contributed by atoms with Crippen LogP contribution in [-0.4, -0.2) is 42.4 Å². The number of hydrogen-bond acceptors (Lipinski definition) is 3. The van der Waals surface area contributed by atoms with Crippen LogP contribution in [0.4, 0.5) is 13.2 Å². The van der Waals surface area contributed by atoms with E-state index in [1.807, 2.05) is 0 Å². The van der Waals surface area contributed by atoms with Gasteiger partial charge in [0.1, 0.15) is 5.92 Å². The third-order valence-corrected chi connectivity index (χ3v) is 1.97. The SMILES string of the molecule is O=C(O)C1COCC1NC(=O)C(F)(F)F. The fraction of sp³-hybridized carbons (Fsp3) is 0.714. The Balaban J connectivity index is 2.58. The second-order valence-electron chi connectivity index (χ2n) is 3.06. The van der Waals surface area contributed by atoms with Gasteiger partial charge in [-0.05, 0) is 0 Å². The number of halogens is 3. The van der Waals surface area contributed by atoms with Crippen molar-refractivity contribution in [2.75, 3.05) is 13.2 Å². The highest BCUT2D eigenvalue weighted by atomic mass is 19.4. The first-order valence-corrected chi connectivity index (χ1v) is 4.00. The van der Waals surface area contributed by atoms with Crippen molar-refractivity contribution in [2.24, 2.45) is 5.92 Å². The number of amides is 1. The molecule has 1 saturated heterocycles. The number of carbonyl (C=O) groups is 2. The molecule has 0 aliphatic carbocycles. The molecule has 15 heavy (non-hydrogen) atoms. The summed E-state index contributed by atoms with van der Waals surface area (Å²) in [5.74, 6) is -4.57. The molecule has 0 aromatic heterocycles. The van der Waals surface area contributed by atoms with E-state index in [4.69, 9.17) is 5.11 Å². The number of carbonyl (C=O) groups excluding carboxylic acids is 1. The number of rotatable bonds is 2. The number of aliphatic carboxylic acids is 1. The lowest BCUT2D eigenvalue weighted by molar-refractivity contribution is -0.174. The summed E-state index contributed by atoms with van der Waals surface area (Å²) in [4.78, 5) is 21.0. The minimum atomic E-state index is -5.01. The van der Waals surface area contributed by atoms with Crippen LogP contribution in [0.15, 0.2) is 0 Å². The van der Waals surface area contributed by atoms with Crippen molar-refractivity contribution in [1.82, 2.24) is 5.32 Å². The Kier molecular flexibility index (Phi) is 3.18. The lowest BCUT2D eigenvalue weighted by Crippen LogP contribution is -2.47. The summed E-state index contributed by atoms with van der Waals surface area (Å²) in [5, 5.41) is 10.2. The van der Waals surface area contributed by atoms with E-state index < -0.39 is 30.0 Å². The van der Waals surface area contributed by atoms with Crippen molar-refractivity contribution >= 4 is 11.9 Å². The lowest BCUT2D eigenvalue weighted by Gasteiger charge is -2.16. The monoisotopic (exact) mass is 227 g/mol. The summed E-state index contributed by atoms with van der Waals surface area (Å²) in [7, 11) is 0. The molecule has 0 spiro atoms. The van der Waals surface area contributed by atoms with Crippen molar-refractivity contribution in [2.45, 2.75) is 12.2 Å². The van der Waals surface area contributed by atoms with Gasteiger partial charge in [0.05, 0.1) is 19.3 Å². The molecule has 0 bridgehead atoms. The molecular weight excluding hydrogens is 219 g/mol. The first-order valence-electron chi connectivity index (χ1n) is 4.00. The van der Waals surface area contributed by atoms with Gasteiger partial charge in [0.25, 0.3) is 0 Å². The van der Waals surface area contributed by atoms with E-state index in [2.05, 4.69) is 4.74 Å². The topological polar surface area (TPSA) is 75.6 Å². The molecule has 0 aromatic rings. The molecular formula is C7H8F3NO4. The molecule has 0 aromatic carbocycles. The molecule has 86 valence electrons. The summed E-state index contributed by atoms with van der Waals surface area (Å²) in [6.45, 7) is -0.420. The molecule has 1 amide bonds. The number of nitrogens with one attached hydrogen (secondary N) is 1. The van der Waals surface area contributed by atoms with E-state index in [0.29, 0.717) is 0 Å². The van der Waals surface area contributed by atoms with Crippen LogP contribution < -0.4 is 5.32 Å². The zero-order valence-corrected chi connectivity index (χ0v) is 7.37. The Bertz CT molecular complexity index is 278. The Morgan fingerprint density at radius 2 is 1.93 bits per heavy atom. The summed E-state index contributed by atoms with van der Waals surface area (Å²) >= 11 is 0. The van der Waals surface area contributed by atoms with Crippen molar-refractivity contribution in [1.29, 1.82) is 0 Å². The maximum absolute atomic E-state index is 11.8. The average molecular weight is 227 g/mol. The predicted octanol–water partition coefficient (Wildman–Crippen LogP) is -0.236. The molecule has 2 atom stereocenters. The third kappa shape index (κ3) is 2.82. The zero-order chi connectivity index (χ0) is 11.6. The average Bonchev–Trinajstić information content (AvgIpc) is 2.50. The second-order valence-corrected chi connectivity index (χ2v) is 3.06. The summed E-state index contributed by atoms with van der Waals surface area (Å²) < 4.78 is 40.2. The molecule has 2 N–H and O–H groups in total. The lowest BCUT2D eigenvalue weighted by atomic mass is 10.0. The first-order chi connectivity index (χ1) is 6.82. The maximum atomic E-state index is 11.8. The van der Waals surface area contributed by atoms with Gasteiger partial charge in [0.15, 0.2) is 0 Å². The van der Waals surface area contributed by atoms with Gasteiger partial charge >= 0.3 is 18.1 Å². The van der Waals surface area contributed by atoms with E-state index in [0.717, 1.165) is 0 Å². The fourth-order valence-corrected chi connectivity index (χ4v) is 1.19. The van der Waals surface area contributed by atoms with Gasteiger partial charge in [-0.15, -0.1) is 0 Å². The third-order valence-electron chi connectivity index (χ3n) is 1.97. The normalized spacial score (nSPS) is 26.3. The van der Waals surface area contributed by atoms with Crippen molar-refractivity contribution < 1.29 is 32.6 Å². The Morgan fingerprint density at radius 1 is 1.33 bits per heavy atom. The smallest absolute Gasteiger partial charge is 0.471 e. The summed E-state index contributed by atoms with van der Waals surface area (Å²) in [6, 6.07) is -1.13. The molecule has 8 heteroatoms. The molecule has 1 aliphatic heterocycles. The molecule has 0 saturated carbocycles. The van der Waals surface area contributed by atoms with E-state index in [1.54, 1.807) is 5.32 Å². The van der Waals surface area contributed by atoms with E-state index in [-0.39, 0.29) is 13.2 Å². The van der Waals surface area contributed by atoms with Crippen LogP contribution >= 0.6 is 0 Å². The predicted molar refractivity (Wildman–Crippen MR) is 39.9 cm³/mol. The van der Waals surface area contributed by atoms with Crippen molar-refractivity contribution in [3.05, 3.63) is 0 Å². The van der Waals surface area contributed by atoms with Crippen LogP contribution in [0.1, 0.15) is 0 Å². The standard InChI is InChI=1S/C7H8F3NO4/c8-7(9,10)6(14)11-4-2-15-1-3(4)5(12)13/h3-4H,1-2H2,(H,11,14)(H,12,13). The van der Waals surface area contributed by atoms with Gasteiger partial charge in [-0.1, -0.05) is 0 Å². The molecule has 1 heterocycles. The van der Waals surface area contributed by atoms with Gasteiger partial charge in [-0.2, -0.15) is 13.2 Å². The highest BCUT2D eigenvalue weighted by Gasteiger charge is 2.43. The Hall–Kier alpha value is -1.31. The number of alkyl halides is 3. The van der Waals surface area contributed by atoms with Crippen molar-refractivity contribution in [3.63, 3.8) is 0 Å². The highest BCUT2D eigenvalue weighted by Crippen LogP contribution is 2.18. The van der Waals surface area contributed by atoms with Crippen molar-refractivity contribution in [3.8, 4) is 0 Å². The quantitative estimate of drug-likeness (QED) is 0.682. The van der Waals surface area contributed by atoms with Crippen LogP contribution in [0.3, 0.4) is 0 Å². The largest absolute Gasteiger partial charge is 0.481 e. The molecule has 1 fully saturated rings. The van der Waals surface area contributed by atoms with Crippen LogP contribution in [0.25, 0.3) is 0 Å². The fourth-order valence-electron chi connectivity index (χ4n) is 1.19. The van der Waals surface area contributed by atoms with Gasteiger partial charge in [0, 0.05) is 0 Å². The Morgan fingerprint density at radius 3 is 2.40 bits per heavy atom. The van der Waals surface area contributed by atoms with Gasteiger partial charge in [-0.3, -0.25) is 9.59 Å². The number of carboxylic acid groups (broad SMARTS) is 1. The van der Waals surface area contributed by atoms with E-state index >= 15 is 0 Å². The van der Waals surface area contributed by atoms with Gasteiger partial charge < -0.3 is 15.2 Å². The molecule has 5 nitrogen and oxygen atoms in total. The summed E-state index contributed by atoms with van der Waals surface area (Å²) in [6.07, 6.45) is -5.01. The second kappa shape index (κ2) is 4.05. The number of hydrogen-bond donors (Lipinski definition) is 2. The van der Waals surface area contributed by atoms with Crippen LogP contribution in [0, 0.1) is 5.92 Å². The van der Waals surface area contributed by atoms with E-state index in [1.165, 1.54) is 0 Å². The Labute approximate surface area is 82.2 Å². The molecule has 1 rings (SSSR count). The first kappa shape index (κ1) is 11.8. The van der Waals surface area contributed by atoms with Crippen LogP contribution in [0.5, 0.6) is 0 Å². The maximum Gasteiger partial charge on any atom is 0.471 e. The zero-order valence-electron chi connectivity index (χ0n) is 7.37. The minimum Gasteiger partial charge on any atom is -0.481 e. The number of carboxylic acids is 1. The number of ether oxygens (including phenoxy) is 1. The minimum absolute atomic E-state index is 0.196. The van der Waals surface area contributed by atoms with Gasteiger partial charge in [0.2, 0.25) is 0 Å². The summed E-state index contributed by atoms with van der Waals surface area (Å²) in [5.41, 5.74) is 0. The van der Waals surface area contributed by atoms with Crippen LogP contribution in [0.2, 0.25) is 0 Å².